The number of hydrogen-bond acceptors (Lipinski definition) is 6. The fourth-order valence-corrected chi connectivity index (χ4v) is 5.78. The fraction of sp³-hybridized carbons (Fsp3) is 0.333. The molecule has 0 spiro atoms. The molecule has 5 rings (SSSR count). The lowest BCUT2D eigenvalue weighted by Gasteiger charge is -2.29. The van der Waals surface area contributed by atoms with Crippen LogP contribution in [0.25, 0.3) is 0 Å². The maximum atomic E-state index is 13.5. The molecule has 41 heavy (non-hydrogen) atoms. The first kappa shape index (κ1) is 28.6. The van der Waals surface area contributed by atoms with Crippen LogP contribution in [0.2, 0.25) is 0 Å². The van der Waals surface area contributed by atoms with Gasteiger partial charge in [-0.2, -0.15) is 0 Å². The van der Waals surface area contributed by atoms with Crippen molar-refractivity contribution in [3.63, 3.8) is 0 Å². The summed E-state index contributed by atoms with van der Waals surface area (Å²) in [5, 5.41) is 2.88. The normalized spacial score (nSPS) is 14.9. The first-order chi connectivity index (χ1) is 19.7. The first-order valence-corrected chi connectivity index (χ1v) is 15.0. The Balaban J connectivity index is 1.23. The molecule has 1 fully saturated rings. The van der Waals surface area contributed by atoms with Crippen molar-refractivity contribution in [1.82, 2.24) is 14.9 Å². The summed E-state index contributed by atoms with van der Waals surface area (Å²) in [6, 6.07) is 16.9. The number of hydrogen-bond donors (Lipinski definition) is 2. The van der Waals surface area contributed by atoms with Crippen LogP contribution in [0, 0.1) is 5.82 Å². The van der Waals surface area contributed by atoms with E-state index in [2.05, 4.69) is 10.0 Å². The van der Waals surface area contributed by atoms with Crippen molar-refractivity contribution in [1.29, 1.82) is 0 Å². The Hall–Kier alpha value is -3.96. The number of benzene rings is 3. The minimum atomic E-state index is -3.56. The molecule has 1 heterocycles. The second-order valence-electron chi connectivity index (χ2n) is 10.3. The average Bonchev–Trinajstić information content (AvgIpc) is 3.65. The summed E-state index contributed by atoms with van der Waals surface area (Å²) in [5.41, 5.74) is 2.31. The number of halogens is 1. The van der Waals surface area contributed by atoms with Crippen molar-refractivity contribution in [3.8, 4) is 11.5 Å². The molecule has 0 bridgehead atoms. The molecule has 1 saturated carbocycles. The Morgan fingerprint density at radius 2 is 1.61 bits per heavy atom. The van der Waals surface area contributed by atoms with Gasteiger partial charge in [0.25, 0.3) is 0 Å². The molecular formula is C30H32FN3O6S. The van der Waals surface area contributed by atoms with E-state index < -0.39 is 16.1 Å². The van der Waals surface area contributed by atoms with E-state index in [1.54, 1.807) is 43.3 Å². The number of nitrogens with one attached hydrogen (secondary N) is 2. The van der Waals surface area contributed by atoms with Crippen molar-refractivity contribution < 1.29 is 31.9 Å². The molecule has 9 nitrogen and oxygen atoms in total. The number of sulfonamides is 1. The van der Waals surface area contributed by atoms with Crippen molar-refractivity contribution in [2.75, 3.05) is 6.79 Å². The number of rotatable bonds is 12. The Kier molecular flexibility index (Phi) is 8.55. The highest BCUT2D eigenvalue weighted by Crippen LogP contribution is 2.32. The van der Waals surface area contributed by atoms with Crippen LogP contribution in [0.4, 0.5) is 4.39 Å². The highest BCUT2D eigenvalue weighted by Gasteiger charge is 2.28. The predicted molar refractivity (Wildman–Crippen MR) is 149 cm³/mol. The highest BCUT2D eigenvalue weighted by atomic mass is 32.2. The van der Waals surface area contributed by atoms with E-state index in [1.165, 1.54) is 29.2 Å². The molecule has 0 radical (unpaired) electrons. The van der Waals surface area contributed by atoms with Gasteiger partial charge in [0, 0.05) is 25.6 Å². The number of fused-ring (bicyclic) bond motifs is 1. The quantitative estimate of drug-likeness (QED) is 0.338. The number of carbonyl (C=O) groups excluding carboxylic acids is 2. The zero-order valence-electron chi connectivity index (χ0n) is 22.6. The second-order valence-corrected chi connectivity index (χ2v) is 12.0. The first-order valence-electron chi connectivity index (χ1n) is 13.5. The molecular weight excluding hydrogens is 549 g/mol. The van der Waals surface area contributed by atoms with Gasteiger partial charge < -0.3 is 19.7 Å². The van der Waals surface area contributed by atoms with E-state index in [-0.39, 0.29) is 54.9 Å². The van der Waals surface area contributed by atoms with E-state index in [0.717, 1.165) is 24.0 Å². The minimum absolute atomic E-state index is 0.0144. The molecule has 2 amide bonds. The number of carbonyl (C=O) groups is 2. The SMILES string of the molecule is C[C@@H](C(=O)NCc1ccc2c(c1)OCO2)N(Cc1ccc(F)cc1)C(=O)CCc1ccc(S(=O)(=O)NC2CC2)cc1. The second kappa shape index (κ2) is 12.3. The minimum Gasteiger partial charge on any atom is -0.454 e. The highest BCUT2D eigenvalue weighted by molar-refractivity contribution is 7.89. The standard InChI is InChI=1S/C30H32FN3O6S/c1-20(30(36)32-17-23-6-14-27-28(16-23)40-19-39-27)34(18-22-2-8-24(31)9-3-22)29(35)15-7-21-4-12-26(13-5-21)41(37,38)33-25-10-11-25/h2-6,8-9,12-14,16,20,25,33H,7,10-11,15,17-19H2,1H3,(H,32,36)/t20-/m0/s1. The summed E-state index contributed by atoms with van der Waals surface area (Å²) in [4.78, 5) is 28.2. The van der Waals surface area contributed by atoms with Crippen LogP contribution in [-0.2, 0) is 39.1 Å². The van der Waals surface area contributed by atoms with Gasteiger partial charge in [0.15, 0.2) is 11.5 Å². The van der Waals surface area contributed by atoms with Gasteiger partial charge in [-0.15, -0.1) is 0 Å². The van der Waals surface area contributed by atoms with Gasteiger partial charge in [0.05, 0.1) is 4.90 Å². The van der Waals surface area contributed by atoms with Crippen LogP contribution in [0.5, 0.6) is 11.5 Å². The maximum Gasteiger partial charge on any atom is 0.242 e. The fourth-order valence-electron chi connectivity index (χ4n) is 4.48. The Bertz CT molecular complexity index is 1510. The number of amides is 2. The van der Waals surface area contributed by atoms with Crippen LogP contribution in [0.3, 0.4) is 0 Å². The van der Waals surface area contributed by atoms with Gasteiger partial charge in [0.1, 0.15) is 11.9 Å². The van der Waals surface area contributed by atoms with Gasteiger partial charge in [0.2, 0.25) is 28.6 Å². The largest absolute Gasteiger partial charge is 0.454 e. The van der Waals surface area contributed by atoms with E-state index in [1.807, 2.05) is 6.07 Å². The Morgan fingerprint density at radius 1 is 0.951 bits per heavy atom. The number of ether oxygens (including phenoxy) is 2. The Morgan fingerprint density at radius 3 is 2.32 bits per heavy atom. The van der Waals surface area contributed by atoms with Crippen LogP contribution >= 0.6 is 0 Å². The van der Waals surface area contributed by atoms with Crippen molar-refractivity contribution in [2.24, 2.45) is 0 Å². The third kappa shape index (κ3) is 7.42. The third-order valence-electron chi connectivity index (χ3n) is 7.10. The predicted octanol–water partition coefficient (Wildman–Crippen LogP) is 3.66. The van der Waals surface area contributed by atoms with Crippen molar-refractivity contribution in [3.05, 3.63) is 89.2 Å². The summed E-state index contributed by atoms with van der Waals surface area (Å²) >= 11 is 0. The Labute approximate surface area is 238 Å². The lowest BCUT2D eigenvalue weighted by Crippen LogP contribution is -2.47. The smallest absolute Gasteiger partial charge is 0.242 e. The summed E-state index contributed by atoms with van der Waals surface area (Å²) < 4.78 is 51.7. The van der Waals surface area contributed by atoms with Gasteiger partial charge in [-0.05, 0) is 79.3 Å². The lowest BCUT2D eigenvalue weighted by molar-refractivity contribution is -0.140. The summed E-state index contributed by atoms with van der Waals surface area (Å²) in [5.74, 6) is 0.278. The average molecular weight is 582 g/mol. The van der Waals surface area contributed by atoms with Crippen LogP contribution in [0.15, 0.2) is 71.6 Å². The van der Waals surface area contributed by atoms with Gasteiger partial charge in [-0.3, -0.25) is 9.59 Å². The molecule has 3 aromatic carbocycles. The molecule has 2 N–H and O–H groups in total. The maximum absolute atomic E-state index is 13.5. The molecule has 1 aliphatic carbocycles. The summed E-state index contributed by atoms with van der Waals surface area (Å²) in [6.07, 6.45) is 2.17. The molecule has 0 unspecified atom stereocenters. The molecule has 1 atom stereocenters. The number of aryl methyl sites for hydroxylation is 1. The molecule has 3 aromatic rings. The topological polar surface area (TPSA) is 114 Å². The van der Waals surface area contributed by atoms with E-state index in [4.69, 9.17) is 9.47 Å². The van der Waals surface area contributed by atoms with Gasteiger partial charge in [-0.1, -0.05) is 30.3 Å². The van der Waals surface area contributed by atoms with Gasteiger partial charge in [-0.25, -0.2) is 17.5 Å². The zero-order valence-corrected chi connectivity index (χ0v) is 23.5. The van der Waals surface area contributed by atoms with E-state index >= 15 is 0 Å². The van der Waals surface area contributed by atoms with Crippen LogP contribution in [-0.4, -0.2) is 44.0 Å². The van der Waals surface area contributed by atoms with Crippen LogP contribution in [0.1, 0.15) is 42.9 Å². The van der Waals surface area contributed by atoms with Crippen LogP contribution < -0.4 is 19.5 Å². The third-order valence-corrected chi connectivity index (χ3v) is 8.63. The summed E-state index contributed by atoms with van der Waals surface area (Å²) in [6.45, 7) is 2.18. The van der Waals surface area contributed by atoms with Crippen molar-refractivity contribution >= 4 is 21.8 Å². The monoisotopic (exact) mass is 581 g/mol. The molecule has 0 saturated heterocycles. The molecule has 0 aromatic heterocycles. The zero-order chi connectivity index (χ0) is 29.0. The molecule has 11 heteroatoms. The molecule has 1 aliphatic heterocycles. The molecule has 2 aliphatic rings. The van der Waals surface area contributed by atoms with Crippen molar-refractivity contribution in [2.45, 2.75) is 62.7 Å². The number of nitrogens with zero attached hydrogens (tertiary/aromatic N) is 1. The van der Waals surface area contributed by atoms with E-state index in [9.17, 15) is 22.4 Å². The lowest BCUT2D eigenvalue weighted by atomic mass is 10.1. The summed E-state index contributed by atoms with van der Waals surface area (Å²) in [7, 11) is -3.56. The van der Waals surface area contributed by atoms with Gasteiger partial charge >= 0.3 is 0 Å². The molecule has 216 valence electrons. The van der Waals surface area contributed by atoms with E-state index in [0.29, 0.717) is 23.5 Å².